The SMILES string of the molecule is CO[C@@H]1C(CO)O[C@@H](O[C@@H]2C(CO)O[C@@H](C)C(NC(C)=O)[C@H]2O)C(N2C(=O)c3ccccc3C2=O)[C@H]1O. The summed E-state index contributed by atoms with van der Waals surface area (Å²) in [5, 5.41) is 44.8. The van der Waals surface area contributed by atoms with Gasteiger partial charge in [0.15, 0.2) is 6.29 Å². The lowest BCUT2D eigenvalue weighted by Gasteiger charge is -2.49. The van der Waals surface area contributed by atoms with E-state index < -0.39 is 92.0 Å². The number of imide groups is 1. The zero-order chi connectivity index (χ0) is 27.0. The standard InChI is InChI=1S/C24H32N2O11/c1-10-16(25-11(2)29)18(30)21(15(9-28)35-10)37-24-17(19(31)20(34-3)14(8-27)36-24)26-22(32)12-6-4-5-7-13(12)23(26)33/h4-7,10,14-21,24,27-28,30-31H,8-9H2,1-3H3,(H,25,29)/t10-,14?,15?,16?,17?,18+,19+,20+,21+,24-/m0/s1. The van der Waals surface area contributed by atoms with E-state index in [9.17, 15) is 34.8 Å². The molecular formula is C24H32N2O11. The third-order valence-electron chi connectivity index (χ3n) is 7.02. The largest absolute Gasteiger partial charge is 0.394 e. The molecule has 37 heavy (non-hydrogen) atoms. The smallest absolute Gasteiger partial charge is 0.262 e. The molecule has 0 aliphatic carbocycles. The van der Waals surface area contributed by atoms with Crippen molar-refractivity contribution < 1.29 is 53.8 Å². The molecule has 13 heteroatoms. The minimum absolute atomic E-state index is 0.130. The van der Waals surface area contributed by atoms with Crippen molar-refractivity contribution in [1.82, 2.24) is 10.2 Å². The van der Waals surface area contributed by atoms with Crippen LogP contribution in [0.25, 0.3) is 0 Å². The van der Waals surface area contributed by atoms with Crippen molar-refractivity contribution in [2.75, 3.05) is 20.3 Å². The maximum Gasteiger partial charge on any atom is 0.262 e. The average molecular weight is 525 g/mol. The van der Waals surface area contributed by atoms with E-state index in [4.69, 9.17) is 18.9 Å². The molecule has 1 aromatic carbocycles. The van der Waals surface area contributed by atoms with Crippen LogP contribution >= 0.6 is 0 Å². The van der Waals surface area contributed by atoms with Gasteiger partial charge in [0.1, 0.15) is 42.7 Å². The van der Waals surface area contributed by atoms with Crippen molar-refractivity contribution in [1.29, 1.82) is 0 Å². The van der Waals surface area contributed by atoms with Crippen molar-refractivity contribution in [3.8, 4) is 0 Å². The zero-order valence-corrected chi connectivity index (χ0v) is 20.6. The Morgan fingerprint density at radius 3 is 2.08 bits per heavy atom. The molecule has 5 N–H and O–H groups in total. The van der Waals surface area contributed by atoms with E-state index in [1.54, 1.807) is 19.1 Å². The topological polar surface area (TPSA) is 184 Å². The van der Waals surface area contributed by atoms with Crippen molar-refractivity contribution in [2.45, 2.75) is 74.9 Å². The van der Waals surface area contributed by atoms with Gasteiger partial charge in [0.25, 0.3) is 11.8 Å². The van der Waals surface area contributed by atoms with Gasteiger partial charge in [0.2, 0.25) is 5.91 Å². The molecule has 4 unspecified atom stereocenters. The van der Waals surface area contributed by atoms with Crippen LogP contribution in [0.1, 0.15) is 34.6 Å². The van der Waals surface area contributed by atoms with Gasteiger partial charge < -0.3 is 44.7 Å². The zero-order valence-electron chi connectivity index (χ0n) is 20.6. The summed E-state index contributed by atoms with van der Waals surface area (Å²) in [4.78, 5) is 39.1. The van der Waals surface area contributed by atoms with Crippen LogP contribution in [-0.4, -0.2) is 124 Å². The lowest BCUT2D eigenvalue weighted by molar-refractivity contribution is -0.322. The summed E-state index contributed by atoms with van der Waals surface area (Å²) in [6.45, 7) is 1.71. The monoisotopic (exact) mass is 524 g/mol. The van der Waals surface area contributed by atoms with E-state index in [2.05, 4.69) is 5.32 Å². The fraction of sp³-hybridized carbons (Fsp3) is 0.625. The fourth-order valence-corrected chi connectivity index (χ4v) is 5.26. The summed E-state index contributed by atoms with van der Waals surface area (Å²) in [7, 11) is 1.28. The quantitative estimate of drug-likeness (QED) is 0.243. The summed E-state index contributed by atoms with van der Waals surface area (Å²) < 4.78 is 23.0. The highest BCUT2D eigenvalue weighted by Crippen LogP contribution is 2.35. The molecule has 0 aromatic heterocycles. The second-order valence-electron chi connectivity index (χ2n) is 9.31. The van der Waals surface area contributed by atoms with Crippen molar-refractivity contribution in [2.24, 2.45) is 0 Å². The Bertz CT molecular complexity index is 987. The van der Waals surface area contributed by atoms with Gasteiger partial charge in [-0.25, -0.2) is 0 Å². The number of fused-ring (bicyclic) bond motifs is 1. The molecule has 3 amide bonds. The first-order chi connectivity index (χ1) is 17.6. The molecule has 0 saturated carbocycles. The van der Waals surface area contributed by atoms with E-state index in [-0.39, 0.29) is 11.1 Å². The Balaban J connectivity index is 1.70. The number of carbonyl (C=O) groups excluding carboxylic acids is 3. The molecule has 3 aliphatic heterocycles. The van der Waals surface area contributed by atoms with Gasteiger partial charge in [0, 0.05) is 14.0 Å². The van der Waals surface area contributed by atoms with Gasteiger partial charge in [-0.05, 0) is 19.1 Å². The highest BCUT2D eigenvalue weighted by atomic mass is 16.7. The number of hydrogen-bond acceptors (Lipinski definition) is 11. The fourth-order valence-electron chi connectivity index (χ4n) is 5.26. The van der Waals surface area contributed by atoms with Crippen LogP contribution in [0.2, 0.25) is 0 Å². The van der Waals surface area contributed by atoms with Crippen LogP contribution in [0, 0.1) is 0 Å². The summed E-state index contributed by atoms with van der Waals surface area (Å²) in [6.07, 6.45) is -9.85. The number of aliphatic hydroxyl groups excluding tert-OH is 4. The Labute approximate surface area is 212 Å². The number of carbonyl (C=O) groups is 3. The van der Waals surface area contributed by atoms with E-state index in [0.717, 1.165) is 4.90 Å². The van der Waals surface area contributed by atoms with Gasteiger partial charge in [-0.3, -0.25) is 19.3 Å². The van der Waals surface area contributed by atoms with Crippen LogP contribution in [0.5, 0.6) is 0 Å². The first-order valence-electron chi connectivity index (χ1n) is 12.0. The average Bonchev–Trinajstić information content (AvgIpc) is 3.12. The number of hydrogen-bond donors (Lipinski definition) is 5. The minimum Gasteiger partial charge on any atom is -0.394 e. The number of benzene rings is 1. The molecule has 4 rings (SSSR count). The van der Waals surface area contributed by atoms with E-state index >= 15 is 0 Å². The van der Waals surface area contributed by atoms with Crippen molar-refractivity contribution in [3.05, 3.63) is 35.4 Å². The summed E-state index contributed by atoms with van der Waals surface area (Å²) >= 11 is 0. The summed E-state index contributed by atoms with van der Waals surface area (Å²) in [6, 6.07) is 3.78. The second-order valence-corrected chi connectivity index (χ2v) is 9.31. The van der Waals surface area contributed by atoms with E-state index in [0.29, 0.717) is 0 Å². The molecule has 2 fully saturated rings. The third kappa shape index (κ3) is 4.89. The number of aliphatic hydroxyl groups is 4. The number of ether oxygens (including phenoxy) is 4. The predicted octanol–water partition coefficient (Wildman–Crippen LogP) is -2.23. The van der Waals surface area contributed by atoms with E-state index in [1.165, 1.54) is 26.2 Å². The Hall–Kier alpha value is -2.49. The molecule has 3 aliphatic rings. The molecule has 3 heterocycles. The van der Waals surface area contributed by atoms with Gasteiger partial charge in [-0.2, -0.15) is 0 Å². The molecule has 0 spiro atoms. The number of nitrogens with zero attached hydrogens (tertiary/aromatic N) is 1. The first-order valence-corrected chi connectivity index (χ1v) is 12.0. The lowest BCUT2D eigenvalue weighted by atomic mass is 9.92. The predicted molar refractivity (Wildman–Crippen MR) is 123 cm³/mol. The van der Waals surface area contributed by atoms with Crippen molar-refractivity contribution >= 4 is 17.7 Å². The Morgan fingerprint density at radius 2 is 1.57 bits per heavy atom. The van der Waals surface area contributed by atoms with Gasteiger partial charge in [-0.15, -0.1) is 0 Å². The third-order valence-corrected chi connectivity index (χ3v) is 7.02. The van der Waals surface area contributed by atoms with Crippen LogP contribution < -0.4 is 5.32 Å². The Morgan fingerprint density at radius 1 is 1.00 bits per heavy atom. The molecule has 1 aromatic rings. The van der Waals surface area contributed by atoms with Gasteiger partial charge in [0.05, 0.1) is 36.5 Å². The highest BCUT2D eigenvalue weighted by Gasteiger charge is 2.56. The molecule has 13 nitrogen and oxygen atoms in total. The van der Waals surface area contributed by atoms with Crippen LogP contribution in [0.4, 0.5) is 0 Å². The van der Waals surface area contributed by atoms with Gasteiger partial charge in [-0.1, -0.05) is 12.1 Å². The summed E-state index contributed by atoms with van der Waals surface area (Å²) in [5.74, 6) is -1.82. The molecule has 0 bridgehead atoms. The summed E-state index contributed by atoms with van der Waals surface area (Å²) in [5.41, 5.74) is 0.260. The molecule has 2 saturated heterocycles. The number of amides is 3. The van der Waals surface area contributed by atoms with Crippen LogP contribution in [0.3, 0.4) is 0 Å². The van der Waals surface area contributed by atoms with Gasteiger partial charge >= 0.3 is 0 Å². The van der Waals surface area contributed by atoms with E-state index in [1.807, 2.05) is 0 Å². The number of rotatable bonds is 7. The van der Waals surface area contributed by atoms with Crippen LogP contribution in [-0.2, 0) is 23.7 Å². The Kier molecular flexibility index (Phi) is 8.26. The first kappa shape index (κ1) is 27.5. The number of nitrogens with one attached hydrogen (secondary N) is 1. The van der Waals surface area contributed by atoms with Crippen LogP contribution in [0.15, 0.2) is 24.3 Å². The molecule has 0 radical (unpaired) electrons. The highest BCUT2D eigenvalue weighted by molar-refractivity contribution is 6.21. The molecular weight excluding hydrogens is 492 g/mol. The maximum atomic E-state index is 13.3. The molecule has 204 valence electrons. The van der Waals surface area contributed by atoms with Crippen molar-refractivity contribution in [3.63, 3.8) is 0 Å². The molecule has 10 atom stereocenters. The normalized spacial score (nSPS) is 38.0. The lowest BCUT2D eigenvalue weighted by Crippen LogP contribution is -2.69. The number of methoxy groups -OCH3 is 1. The minimum atomic E-state index is -1.57. The maximum absolute atomic E-state index is 13.3. The second kappa shape index (κ2) is 11.1.